The molecule has 1 aliphatic heterocycles. The maximum absolute atomic E-state index is 10.7. The number of carboxylic acids is 1. The molecule has 2 unspecified atom stereocenters. The van der Waals surface area contributed by atoms with Crippen LogP contribution in [0.3, 0.4) is 0 Å². The van der Waals surface area contributed by atoms with E-state index in [-0.39, 0.29) is 24.5 Å². The molecule has 0 bridgehead atoms. The van der Waals surface area contributed by atoms with E-state index in [1.165, 1.54) is 0 Å². The van der Waals surface area contributed by atoms with Crippen LogP contribution in [-0.2, 0) is 27.1 Å². The molecule has 2 aromatic rings. The van der Waals surface area contributed by atoms with Crippen LogP contribution in [0.2, 0.25) is 0 Å². The summed E-state index contributed by atoms with van der Waals surface area (Å²) in [4.78, 5) is 10.7. The highest BCUT2D eigenvalue weighted by Gasteiger charge is 2.42. The van der Waals surface area contributed by atoms with Gasteiger partial charge >= 0.3 is 5.97 Å². The van der Waals surface area contributed by atoms with Crippen LogP contribution in [0.1, 0.15) is 31.9 Å². The van der Waals surface area contributed by atoms with E-state index in [2.05, 4.69) is 5.32 Å². The third-order valence-electron chi connectivity index (χ3n) is 4.48. The molecule has 0 aliphatic carbocycles. The highest BCUT2D eigenvalue weighted by Crippen LogP contribution is 2.29. The Bertz CT molecular complexity index is 828. The van der Waals surface area contributed by atoms with Crippen LogP contribution in [0.15, 0.2) is 48.5 Å². The topological polar surface area (TPSA) is 101 Å². The van der Waals surface area contributed by atoms with E-state index >= 15 is 0 Å². The fraction of sp³-hybridized carbons (Fsp3) is 0.435. The Balaban J connectivity index is 1.39. The largest absolute Gasteiger partial charge is 0.493 e. The van der Waals surface area contributed by atoms with Crippen molar-refractivity contribution in [2.24, 2.45) is 0 Å². The molecular weight excluding hydrogens is 386 g/mol. The maximum Gasteiger partial charge on any atom is 0.332 e. The van der Waals surface area contributed by atoms with E-state index in [1.807, 2.05) is 45.0 Å². The number of hydrogen-bond acceptors (Lipinski definition) is 6. The van der Waals surface area contributed by atoms with Gasteiger partial charge in [0.05, 0.1) is 12.2 Å². The van der Waals surface area contributed by atoms with Crippen molar-refractivity contribution in [3.8, 4) is 5.75 Å². The molecule has 3 N–H and O–H groups in total. The van der Waals surface area contributed by atoms with Gasteiger partial charge in [-0.2, -0.15) is 0 Å². The van der Waals surface area contributed by atoms with Gasteiger partial charge in [0.1, 0.15) is 5.75 Å². The van der Waals surface area contributed by atoms with E-state index in [0.29, 0.717) is 12.4 Å². The Morgan fingerprint density at radius 2 is 1.73 bits per heavy atom. The van der Waals surface area contributed by atoms with E-state index in [1.54, 1.807) is 24.3 Å². The molecule has 1 fully saturated rings. The van der Waals surface area contributed by atoms with Crippen LogP contribution in [0.4, 0.5) is 5.69 Å². The Morgan fingerprint density at radius 1 is 1.10 bits per heavy atom. The van der Waals surface area contributed by atoms with Crippen molar-refractivity contribution in [1.82, 2.24) is 0 Å². The highest BCUT2D eigenvalue weighted by molar-refractivity contribution is 5.72. The van der Waals surface area contributed by atoms with Crippen molar-refractivity contribution in [1.29, 1.82) is 0 Å². The van der Waals surface area contributed by atoms with E-state index < -0.39 is 12.1 Å². The van der Waals surface area contributed by atoms with Crippen molar-refractivity contribution in [3.63, 3.8) is 0 Å². The molecular formula is C23H29NO6. The summed E-state index contributed by atoms with van der Waals surface area (Å²) in [6, 6.07) is 15.2. The lowest BCUT2D eigenvalue weighted by Crippen LogP contribution is -2.23. The number of carbonyl (C=O) groups is 1. The SMILES string of the molecule is CC(C)(C)OC1OC1Nc1ccc(CCOc2ccc(C[C@H](O)C(=O)O)cc2)cc1. The van der Waals surface area contributed by atoms with Crippen LogP contribution in [-0.4, -0.2) is 47.0 Å². The second kappa shape index (κ2) is 9.47. The minimum absolute atomic E-state index is 0.0744. The second-order valence-electron chi connectivity index (χ2n) is 8.30. The maximum atomic E-state index is 10.7. The zero-order valence-corrected chi connectivity index (χ0v) is 17.5. The Hall–Kier alpha value is -2.61. The number of aliphatic hydroxyl groups excluding tert-OH is 1. The summed E-state index contributed by atoms with van der Waals surface area (Å²) >= 11 is 0. The molecule has 3 rings (SSSR count). The van der Waals surface area contributed by atoms with Crippen molar-refractivity contribution in [3.05, 3.63) is 59.7 Å². The summed E-state index contributed by atoms with van der Waals surface area (Å²) in [7, 11) is 0. The molecule has 1 aliphatic rings. The molecule has 2 aromatic carbocycles. The van der Waals surface area contributed by atoms with Gasteiger partial charge in [0.25, 0.3) is 0 Å². The third kappa shape index (κ3) is 7.02. The fourth-order valence-corrected chi connectivity index (χ4v) is 2.89. The Kier molecular flexibility index (Phi) is 6.97. The van der Waals surface area contributed by atoms with Crippen LogP contribution in [0, 0.1) is 0 Å². The van der Waals surface area contributed by atoms with Gasteiger partial charge < -0.3 is 29.7 Å². The lowest BCUT2D eigenvalue weighted by molar-refractivity contribution is -0.146. The first-order chi connectivity index (χ1) is 14.2. The molecule has 0 amide bonds. The predicted octanol–water partition coefficient (Wildman–Crippen LogP) is 3.21. The van der Waals surface area contributed by atoms with Gasteiger partial charge in [-0.05, 0) is 56.2 Å². The van der Waals surface area contributed by atoms with Crippen LogP contribution in [0.25, 0.3) is 0 Å². The molecule has 7 nitrogen and oxygen atoms in total. The first kappa shape index (κ1) is 22.1. The zero-order valence-electron chi connectivity index (χ0n) is 17.5. The number of anilines is 1. The van der Waals surface area contributed by atoms with Crippen molar-refractivity contribution in [2.45, 2.75) is 57.8 Å². The van der Waals surface area contributed by atoms with Gasteiger partial charge in [-0.3, -0.25) is 0 Å². The Morgan fingerprint density at radius 3 is 2.33 bits per heavy atom. The summed E-state index contributed by atoms with van der Waals surface area (Å²) in [5.41, 5.74) is 2.64. The highest BCUT2D eigenvalue weighted by atomic mass is 16.8. The molecule has 3 atom stereocenters. The van der Waals surface area contributed by atoms with Gasteiger partial charge in [0.15, 0.2) is 12.3 Å². The molecule has 0 radical (unpaired) electrons. The standard InChI is InChI=1S/C23H29NO6/c1-23(2,3)30-22-20(29-22)24-17-8-4-15(5-9-17)12-13-28-18-10-6-16(7-11-18)14-19(25)21(26)27/h4-11,19-20,22,24-25H,12-14H2,1-3H3,(H,26,27)/t19-,20?,22?/m0/s1. The van der Waals surface area contributed by atoms with Gasteiger partial charge in [-0.1, -0.05) is 24.3 Å². The van der Waals surface area contributed by atoms with E-state index in [4.69, 9.17) is 19.3 Å². The number of epoxide rings is 1. The van der Waals surface area contributed by atoms with Gasteiger partial charge in [-0.15, -0.1) is 0 Å². The number of ether oxygens (including phenoxy) is 3. The number of carboxylic acid groups (broad SMARTS) is 1. The van der Waals surface area contributed by atoms with Gasteiger partial charge in [0, 0.05) is 18.5 Å². The number of hydrogen-bond donors (Lipinski definition) is 3. The lowest BCUT2D eigenvalue weighted by atomic mass is 10.1. The van der Waals surface area contributed by atoms with Crippen LogP contribution >= 0.6 is 0 Å². The number of benzene rings is 2. The summed E-state index contributed by atoms with van der Waals surface area (Å²) in [6.45, 7) is 6.53. The minimum atomic E-state index is -1.39. The average molecular weight is 415 g/mol. The summed E-state index contributed by atoms with van der Waals surface area (Å²) in [6.07, 6.45) is -0.882. The molecule has 1 saturated heterocycles. The molecule has 1 heterocycles. The van der Waals surface area contributed by atoms with Crippen molar-refractivity contribution >= 4 is 11.7 Å². The second-order valence-corrected chi connectivity index (χ2v) is 8.30. The normalized spacial score (nSPS) is 19.2. The monoisotopic (exact) mass is 415 g/mol. The van der Waals surface area contributed by atoms with Crippen LogP contribution < -0.4 is 10.1 Å². The molecule has 0 aromatic heterocycles. The predicted molar refractivity (Wildman–Crippen MR) is 113 cm³/mol. The zero-order chi connectivity index (χ0) is 21.7. The minimum Gasteiger partial charge on any atom is -0.493 e. The fourth-order valence-electron chi connectivity index (χ4n) is 2.89. The first-order valence-electron chi connectivity index (χ1n) is 10.0. The number of aliphatic carboxylic acids is 1. The number of nitrogens with one attached hydrogen (secondary N) is 1. The summed E-state index contributed by atoms with van der Waals surface area (Å²) in [5.74, 6) is -0.517. The van der Waals surface area contributed by atoms with Crippen LogP contribution in [0.5, 0.6) is 5.75 Å². The molecule has 7 heteroatoms. The Labute approximate surface area is 176 Å². The average Bonchev–Trinajstić information content (AvgIpc) is 3.39. The molecule has 162 valence electrons. The van der Waals surface area contributed by atoms with E-state index in [9.17, 15) is 9.90 Å². The lowest BCUT2D eigenvalue weighted by Gasteiger charge is -2.17. The van der Waals surface area contributed by atoms with Gasteiger partial charge in [-0.25, -0.2) is 4.79 Å². The quantitative estimate of drug-likeness (QED) is 0.512. The molecule has 0 saturated carbocycles. The van der Waals surface area contributed by atoms with Gasteiger partial charge in [0.2, 0.25) is 6.29 Å². The van der Waals surface area contributed by atoms with E-state index in [0.717, 1.165) is 23.2 Å². The molecule has 0 spiro atoms. The summed E-state index contributed by atoms with van der Waals surface area (Å²) < 4.78 is 17.0. The van der Waals surface area contributed by atoms with Crippen molar-refractivity contribution < 1.29 is 29.2 Å². The third-order valence-corrected chi connectivity index (χ3v) is 4.48. The summed E-state index contributed by atoms with van der Waals surface area (Å²) in [5, 5.41) is 21.4. The number of rotatable bonds is 10. The smallest absolute Gasteiger partial charge is 0.332 e. The first-order valence-corrected chi connectivity index (χ1v) is 10.0. The van der Waals surface area contributed by atoms with Crippen molar-refractivity contribution in [2.75, 3.05) is 11.9 Å². The number of aliphatic hydroxyl groups is 1. The molecule has 30 heavy (non-hydrogen) atoms.